The Kier molecular flexibility index (Phi) is 3.81. The standard InChI is InChI=1S/C15H19N3O/c1-9-7-10(2)14(19-4)12(8-9)13-5-6-17-15(18-13)11(3)16/h5-8,11H,16H2,1-4H3. The summed E-state index contributed by atoms with van der Waals surface area (Å²) >= 11 is 0. The van der Waals surface area contributed by atoms with Gasteiger partial charge < -0.3 is 10.5 Å². The highest BCUT2D eigenvalue weighted by molar-refractivity contribution is 5.70. The Hall–Kier alpha value is -1.94. The zero-order chi connectivity index (χ0) is 14.0. The maximum absolute atomic E-state index is 5.83. The second kappa shape index (κ2) is 5.36. The first-order chi connectivity index (χ1) is 9.02. The molecule has 1 aromatic carbocycles. The van der Waals surface area contributed by atoms with Crippen LogP contribution < -0.4 is 10.5 Å². The molecule has 2 rings (SSSR count). The largest absolute Gasteiger partial charge is 0.496 e. The number of benzene rings is 1. The molecule has 4 nitrogen and oxygen atoms in total. The first kappa shape index (κ1) is 13.5. The molecule has 0 radical (unpaired) electrons. The Morgan fingerprint density at radius 3 is 2.63 bits per heavy atom. The highest BCUT2D eigenvalue weighted by atomic mass is 16.5. The van der Waals surface area contributed by atoms with Crippen molar-refractivity contribution in [2.75, 3.05) is 7.11 Å². The summed E-state index contributed by atoms with van der Waals surface area (Å²) < 4.78 is 5.49. The second-order valence-electron chi connectivity index (χ2n) is 4.75. The van der Waals surface area contributed by atoms with Crippen LogP contribution >= 0.6 is 0 Å². The molecule has 0 aliphatic carbocycles. The third-order valence-corrected chi connectivity index (χ3v) is 2.98. The van der Waals surface area contributed by atoms with E-state index in [0.29, 0.717) is 5.82 Å². The Balaban J connectivity index is 2.61. The minimum absolute atomic E-state index is 0.183. The highest BCUT2D eigenvalue weighted by Gasteiger charge is 2.12. The van der Waals surface area contributed by atoms with E-state index in [1.165, 1.54) is 5.56 Å². The Labute approximate surface area is 113 Å². The van der Waals surface area contributed by atoms with E-state index in [9.17, 15) is 0 Å². The number of aromatic nitrogens is 2. The fourth-order valence-corrected chi connectivity index (χ4v) is 2.16. The molecule has 0 aliphatic heterocycles. The van der Waals surface area contributed by atoms with Crippen molar-refractivity contribution in [3.63, 3.8) is 0 Å². The SMILES string of the molecule is COc1c(C)cc(C)cc1-c1ccnc(C(C)N)n1. The number of aryl methyl sites for hydroxylation is 2. The summed E-state index contributed by atoms with van der Waals surface area (Å²) in [5, 5.41) is 0. The van der Waals surface area contributed by atoms with Crippen LogP contribution in [0.2, 0.25) is 0 Å². The van der Waals surface area contributed by atoms with Gasteiger partial charge in [-0.2, -0.15) is 0 Å². The molecule has 1 unspecified atom stereocenters. The van der Waals surface area contributed by atoms with Crippen LogP contribution in [-0.2, 0) is 0 Å². The minimum atomic E-state index is -0.183. The van der Waals surface area contributed by atoms with Crippen LogP contribution in [0.5, 0.6) is 5.75 Å². The molecule has 4 heteroatoms. The first-order valence-electron chi connectivity index (χ1n) is 6.27. The van der Waals surface area contributed by atoms with Gasteiger partial charge in [-0.3, -0.25) is 0 Å². The lowest BCUT2D eigenvalue weighted by atomic mass is 10.0. The normalized spacial score (nSPS) is 12.3. The van der Waals surface area contributed by atoms with Crippen molar-refractivity contribution in [3.05, 3.63) is 41.3 Å². The fourth-order valence-electron chi connectivity index (χ4n) is 2.16. The van der Waals surface area contributed by atoms with E-state index < -0.39 is 0 Å². The van der Waals surface area contributed by atoms with E-state index in [1.54, 1.807) is 13.3 Å². The van der Waals surface area contributed by atoms with Crippen LogP contribution in [0.25, 0.3) is 11.3 Å². The van der Waals surface area contributed by atoms with Crippen LogP contribution in [0.3, 0.4) is 0 Å². The van der Waals surface area contributed by atoms with E-state index in [4.69, 9.17) is 10.5 Å². The number of nitrogens with two attached hydrogens (primary N) is 1. The van der Waals surface area contributed by atoms with Crippen molar-refractivity contribution >= 4 is 0 Å². The minimum Gasteiger partial charge on any atom is -0.496 e. The number of hydrogen-bond acceptors (Lipinski definition) is 4. The average Bonchev–Trinajstić information content (AvgIpc) is 2.38. The van der Waals surface area contributed by atoms with E-state index in [0.717, 1.165) is 22.6 Å². The van der Waals surface area contributed by atoms with E-state index in [-0.39, 0.29) is 6.04 Å². The molecule has 0 aliphatic rings. The number of rotatable bonds is 3. The van der Waals surface area contributed by atoms with Crippen molar-refractivity contribution in [1.29, 1.82) is 0 Å². The van der Waals surface area contributed by atoms with Gasteiger partial charge in [0.25, 0.3) is 0 Å². The third kappa shape index (κ3) is 2.74. The molecule has 100 valence electrons. The van der Waals surface area contributed by atoms with Gasteiger partial charge >= 0.3 is 0 Å². The van der Waals surface area contributed by atoms with Crippen molar-refractivity contribution < 1.29 is 4.74 Å². The van der Waals surface area contributed by atoms with E-state index >= 15 is 0 Å². The van der Waals surface area contributed by atoms with Crippen LogP contribution in [0.15, 0.2) is 24.4 Å². The lowest BCUT2D eigenvalue weighted by Gasteiger charge is -2.13. The fraction of sp³-hybridized carbons (Fsp3) is 0.333. The third-order valence-electron chi connectivity index (χ3n) is 2.98. The molecular weight excluding hydrogens is 238 g/mol. The van der Waals surface area contributed by atoms with Crippen LogP contribution in [0.1, 0.15) is 29.9 Å². The summed E-state index contributed by atoms with van der Waals surface area (Å²) in [5.41, 5.74) is 9.92. The van der Waals surface area contributed by atoms with Crippen molar-refractivity contribution in [3.8, 4) is 17.0 Å². The van der Waals surface area contributed by atoms with Gasteiger partial charge in [0.05, 0.1) is 18.8 Å². The van der Waals surface area contributed by atoms with Crippen molar-refractivity contribution in [2.45, 2.75) is 26.8 Å². The van der Waals surface area contributed by atoms with Crippen LogP contribution in [-0.4, -0.2) is 17.1 Å². The molecule has 1 aromatic heterocycles. The highest BCUT2D eigenvalue weighted by Crippen LogP contribution is 2.33. The zero-order valence-electron chi connectivity index (χ0n) is 11.8. The van der Waals surface area contributed by atoms with Gasteiger partial charge in [0, 0.05) is 11.8 Å². The number of hydrogen-bond donors (Lipinski definition) is 1. The Morgan fingerprint density at radius 2 is 2.00 bits per heavy atom. The van der Waals surface area contributed by atoms with Crippen molar-refractivity contribution in [1.82, 2.24) is 9.97 Å². The van der Waals surface area contributed by atoms with Gasteiger partial charge in [-0.15, -0.1) is 0 Å². The van der Waals surface area contributed by atoms with Crippen LogP contribution in [0.4, 0.5) is 0 Å². The van der Waals surface area contributed by atoms with Gasteiger partial charge in [-0.05, 0) is 44.0 Å². The molecule has 1 atom stereocenters. The topological polar surface area (TPSA) is 61.0 Å². The molecular formula is C15H19N3O. The lowest BCUT2D eigenvalue weighted by molar-refractivity contribution is 0.413. The summed E-state index contributed by atoms with van der Waals surface area (Å²) in [6, 6.07) is 5.86. The molecule has 0 fully saturated rings. The van der Waals surface area contributed by atoms with Crippen molar-refractivity contribution in [2.24, 2.45) is 5.73 Å². The average molecular weight is 257 g/mol. The van der Waals surface area contributed by atoms with Gasteiger partial charge in [-0.1, -0.05) is 6.07 Å². The summed E-state index contributed by atoms with van der Waals surface area (Å²) in [4.78, 5) is 8.71. The molecule has 0 bridgehead atoms. The number of methoxy groups -OCH3 is 1. The molecule has 1 heterocycles. The monoisotopic (exact) mass is 257 g/mol. The predicted octanol–water partition coefficient (Wildman–Crippen LogP) is 2.79. The molecule has 2 N–H and O–H groups in total. The Morgan fingerprint density at radius 1 is 1.26 bits per heavy atom. The number of ether oxygens (including phenoxy) is 1. The smallest absolute Gasteiger partial charge is 0.145 e. The van der Waals surface area contributed by atoms with Gasteiger partial charge in [-0.25, -0.2) is 9.97 Å². The Bertz CT molecular complexity index is 594. The van der Waals surface area contributed by atoms with Gasteiger partial charge in [0.1, 0.15) is 11.6 Å². The second-order valence-corrected chi connectivity index (χ2v) is 4.75. The van der Waals surface area contributed by atoms with Gasteiger partial charge in [0.15, 0.2) is 0 Å². The molecule has 0 saturated heterocycles. The van der Waals surface area contributed by atoms with Gasteiger partial charge in [0.2, 0.25) is 0 Å². The quantitative estimate of drug-likeness (QED) is 0.918. The number of nitrogens with zero attached hydrogens (tertiary/aromatic N) is 2. The summed E-state index contributed by atoms with van der Waals surface area (Å²) in [5.74, 6) is 1.48. The van der Waals surface area contributed by atoms with E-state index in [2.05, 4.69) is 29.0 Å². The maximum atomic E-state index is 5.83. The zero-order valence-corrected chi connectivity index (χ0v) is 11.8. The molecule has 0 amide bonds. The summed E-state index contributed by atoms with van der Waals surface area (Å²) in [7, 11) is 1.68. The maximum Gasteiger partial charge on any atom is 0.145 e. The summed E-state index contributed by atoms with van der Waals surface area (Å²) in [6.45, 7) is 5.96. The molecule has 0 spiro atoms. The molecule has 0 saturated carbocycles. The summed E-state index contributed by atoms with van der Waals surface area (Å²) in [6.07, 6.45) is 1.73. The molecule has 19 heavy (non-hydrogen) atoms. The first-order valence-corrected chi connectivity index (χ1v) is 6.27. The lowest BCUT2D eigenvalue weighted by Crippen LogP contribution is -2.10. The van der Waals surface area contributed by atoms with Crippen LogP contribution in [0, 0.1) is 13.8 Å². The van der Waals surface area contributed by atoms with E-state index in [1.807, 2.05) is 19.9 Å². The molecule has 2 aromatic rings. The predicted molar refractivity (Wildman–Crippen MR) is 76.1 cm³/mol.